The molecule has 0 aliphatic rings. The molecule has 0 radical (unpaired) electrons. The van der Waals surface area contributed by atoms with Crippen LogP contribution < -0.4 is 5.32 Å². The third-order valence-electron chi connectivity index (χ3n) is 2.53. The molecule has 2 aromatic rings. The van der Waals surface area contributed by atoms with Gasteiger partial charge >= 0.3 is 0 Å². The summed E-state index contributed by atoms with van der Waals surface area (Å²) in [6, 6.07) is 9.59. The molecule has 0 saturated heterocycles. The van der Waals surface area contributed by atoms with E-state index in [1.165, 1.54) is 16.9 Å². The van der Waals surface area contributed by atoms with E-state index in [9.17, 15) is 4.79 Å². The van der Waals surface area contributed by atoms with Crippen molar-refractivity contribution >= 4 is 56.4 Å². The molecule has 100 valence electrons. The zero-order valence-corrected chi connectivity index (χ0v) is 13.7. The third kappa shape index (κ3) is 3.96. The molecule has 0 fully saturated rings. The molecule has 19 heavy (non-hydrogen) atoms. The predicted molar refractivity (Wildman–Crippen MR) is 84.6 cm³/mol. The van der Waals surface area contributed by atoms with E-state index in [-0.39, 0.29) is 5.91 Å². The van der Waals surface area contributed by atoms with Crippen LogP contribution >= 0.6 is 50.5 Å². The Hall–Kier alpha value is -0.550. The smallest absolute Gasteiger partial charge is 0.253 e. The summed E-state index contributed by atoms with van der Waals surface area (Å²) >= 11 is 16.3. The molecule has 6 heteroatoms. The second-order valence-electron chi connectivity index (χ2n) is 3.87. The van der Waals surface area contributed by atoms with Gasteiger partial charge in [-0.1, -0.05) is 63.4 Å². The van der Waals surface area contributed by atoms with E-state index in [4.69, 9.17) is 23.2 Å². The molecule has 0 atom stereocenters. The standard InChI is InChI=1S/C13H10BrCl2NOS/c14-6-8-1-3-9(4-2-8)7-17-13(18)10-5-11(15)19-12(10)16/h1-5H,6-7H2,(H,17,18). The topological polar surface area (TPSA) is 29.1 Å². The number of amides is 1. The molecule has 0 aliphatic carbocycles. The van der Waals surface area contributed by atoms with Gasteiger partial charge in [-0.15, -0.1) is 11.3 Å². The maximum atomic E-state index is 11.9. The van der Waals surface area contributed by atoms with Gasteiger partial charge in [-0.2, -0.15) is 0 Å². The van der Waals surface area contributed by atoms with Crippen LogP contribution in [0.15, 0.2) is 30.3 Å². The first kappa shape index (κ1) is 14.9. The summed E-state index contributed by atoms with van der Waals surface area (Å²) in [6.45, 7) is 0.463. The molecule has 2 nitrogen and oxygen atoms in total. The van der Waals surface area contributed by atoms with Gasteiger partial charge in [-0.3, -0.25) is 4.79 Å². The molecule has 2 rings (SSSR count). The van der Waals surface area contributed by atoms with Gasteiger partial charge in [0.1, 0.15) is 4.34 Å². The number of nitrogens with one attached hydrogen (secondary N) is 1. The molecule has 1 heterocycles. The molecule has 0 aliphatic heterocycles. The zero-order valence-electron chi connectivity index (χ0n) is 9.75. The van der Waals surface area contributed by atoms with E-state index in [1.54, 1.807) is 6.07 Å². The van der Waals surface area contributed by atoms with Crippen LogP contribution in [0.5, 0.6) is 0 Å². The normalized spacial score (nSPS) is 10.5. The van der Waals surface area contributed by atoms with Gasteiger partial charge in [-0.25, -0.2) is 0 Å². The fourth-order valence-corrected chi connectivity index (χ4v) is 3.35. The molecular weight excluding hydrogens is 369 g/mol. The molecule has 0 saturated carbocycles. The second kappa shape index (κ2) is 6.75. The summed E-state index contributed by atoms with van der Waals surface area (Å²) in [5.74, 6) is -0.210. The summed E-state index contributed by atoms with van der Waals surface area (Å²) in [5, 5.41) is 3.64. The van der Waals surface area contributed by atoms with E-state index in [0.29, 0.717) is 20.8 Å². The number of thiophene rings is 1. The highest BCUT2D eigenvalue weighted by Crippen LogP contribution is 2.30. The van der Waals surface area contributed by atoms with Gasteiger partial charge in [0, 0.05) is 11.9 Å². The summed E-state index contributed by atoms with van der Waals surface area (Å²) in [6.07, 6.45) is 0. The minimum atomic E-state index is -0.210. The summed E-state index contributed by atoms with van der Waals surface area (Å²) < 4.78 is 0.925. The molecular formula is C13H10BrCl2NOS. The van der Waals surface area contributed by atoms with Crippen LogP contribution in [0, 0.1) is 0 Å². The lowest BCUT2D eigenvalue weighted by atomic mass is 10.1. The van der Waals surface area contributed by atoms with Crippen LogP contribution in [0.2, 0.25) is 8.67 Å². The first-order valence-corrected chi connectivity index (χ1v) is 8.16. The first-order chi connectivity index (χ1) is 9.10. The number of hydrogen-bond acceptors (Lipinski definition) is 2. The largest absolute Gasteiger partial charge is 0.348 e. The number of benzene rings is 1. The van der Waals surface area contributed by atoms with Crippen LogP contribution in [-0.2, 0) is 11.9 Å². The Morgan fingerprint density at radius 2 is 1.84 bits per heavy atom. The molecule has 1 aromatic heterocycles. The van der Waals surface area contributed by atoms with Crippen molar-refractivity contribution < 1.29 is 4.79 Å². The van der Waals surface area contributed by atoms with Gasteiger partial charge in [0.15, 0.2) is 0 Å². The van der Waals surface area contributed by atoms with Gasteiger partial charge < -0.3 is 5.32 Å². The van der Waals surface area contributed by atoms with E-state index < -0.39 is 0 Å². The highest BCUT2D eigenvalue weighted by molar-refractivity contribution is 9.08. The number of rotatable bonds is 4. The molecule has 0 spiro atoms. The van der Waals surface area contributed by atoms with Crippen molar-refractivity contribution in [3.05, 3.63) is 55.7 Å². The zero-order chi connectivity index (χ0) is 13.8. The van der Waals surface area contributed by atoms with E-state index in [1.807, 2.05) is 24.3 Å². The van der Waals surface area contributed by atoms with Crippen LogP contribution in [0.1, 0.15) is 21.5 Å². The monoisotopic (exact) mass is 377 g/mol. The van der Waals surface area contributed by atoms with Crippen molar-refractivity contribution in [3.8, 4) is 0 Å². The summed E-state index contributed by atoms with van der Waals surface area (Å²) in [5.41, 5.74) is 2.66. The van der Waals surface area contributed by atoms with Gasteiger partial charge in [0.2, 0.25) is 0 Å². The number of carbonyl (C=O) groups is 1. The Kier molecular flexibility index (Phi) is 5.28. The Bertz CT molecular complexity index is 583. The van der Waals surface area contributed by atoms with E-state index in [2.05, 4.69) is 21.2 Å². The highest BCUT2D eigenvalue weighted by Gasteiger charge is 2.13. The van der Waals surface area contributed by atoms with Gasteiger partial charge in [-0.05, 0) is 17.2 Å². The Labute approximate surface area is 133 Å². The molecule has 1 N–H and O–H groups in total. The lowest BCUT2D eigenvalue weighted by Gasteiger charge is -2.05. The summed E-state index contributed by atoms with van der Waals surface area (Å²) in [7, 11) is 0. The minimum Gasteiger partial charge on any atom is -0.348 e. The molecule has 1 amide bonds. The van der Waals surface area contributed by atoms with Crippen molar-refractivity contribution in [2.45, 2.75) is 11.9 Å². The maximum Gasteiger partial charge on any atom is 0.253 e. The average molecular weight is 379 g/mol. The first-order valence-electron chi connectivity index (χ1n) is 5.47. The van der Waals surface area contributed by atoms with Crippen LogP contribution in [0.4, 0.5) is 0 Å². The Morgan fingerprint density at radius 1 is 1.21 bits per heavy atom. The number of carbonyl (C=O) groups excluding carboxylic acids is 1. The molecule has 0 unspecified atom stereocenters. The second-order valence-corrected chi connectivity index (χ2v) is 6.72. The van der Waals surface area contributed by atoms with Crippen molar-refractivity contribution in [3.63, 3.8) is 0 Å². The fourth-order valence-electron chi connectivity index (χ4n) is 1.52. The minimum absolute atomic E-state index is 0.210. The highest BCUT2D eigenvalue weighted by atomic mass is 79.9. The fraction of sp³-hybridized carbons (Fsp3) is 0.154. The lowest BCUT2D eigenvalue weighted by molar-refractivity contribution is 0.0951. The summed E-state index contributed by atoms with van der Waals surface area (Å²) in [4.78, 5) is 11.9. The molecule has 1 aromatic carbocycles. The number of halogens is 3. The molecule has 0 bridgehead atoms. The van der Waals surface area contributed by atoms with Crippen molar-refractivity contribution in [2.24, 2.45) is 0 Å². The Balaban J connectivity index is 1.98. The van der Waals surface area contributed by atoms with Crippen LogP contribution in [0.3, 0.4) is 0 Å². The Morgan fingerprint density at radius 3 is 2.37 bits per heavy atom. The van der Waals surface area contributed by atoms with E-state index >= 15 is 0 Å². The number of hydrogen-bond donors (Lipinski definition) is 1. The lowest BCUT2D eigenvalue weighted by Crippen LogP contribution is -2.22. The predicted octanol–water partition coefficient (Wildman–Crippen LogP) is 4.88. The van der Waals surface area contributed by atoms with Crippen molar-refractivity contribution in [1.82, 2.24) is 5.32 Å². The number of alkyl halides is 1. The van der Waals surface area contributed by atoms with Gasteiger partial charge in [0.25, 0.3) is 5.91 Å². The van der Waals surface area contributed by atoms with Crippen LogP contribution in [-0.4, -0.2) is 5.91 Å². The van der Waals surface area contributed by atoms with Crippen LogP contribution in [0.25, 0.3) is 0 Å². The maximum absolute atomic E-state index is 11.9. The van der Waals surface area contributed by atoms with Gasteiger partial charge in [0.05, 0.1) is 9.90 Å². The average Bonchev–Trinajstić information content (AvgIpc) is 2.75. The van der Waals surface area contributed by atoms with Crippen molar-refractivity contribution in [2.75, 3.05) is 0 Å². The van der Waals surface area contributed by atoms with E-state index in [0.717, 1.165) is 10.9 Å². The quantitative estimate of drug-likeness (QED) is 0.754. The third-order valence-corrected chi connectivity index (χ3v) is 4.67. The van der Waals surface area contributed by atoms with Crippen molar-refractivity contribution in [1.29, 1.82) is 0 Å². The SMILES string of the molecule is O=C(NCc1ccc(CBr)cc1)c1cc(Cl)sc1Cl.